The van der Waals surface area contributed by atoms with Gasteiger partial charge in [-0.25, -0.2) is 0 Å². The number of hydrogen-bond acceptors (Lipinski definition) is 3. The van der Waals surface area contributed by atoms with Crippen molar-refractivity contribution in [3.63, 3.8) is 0 Å². The van der Waals surface area contributed by atoms with Crippen LogP contribution < -0.4 is 10.5 Å². The van der Waals surface area contributed by atoms with Crippen LogP contribution in [0, 0.1) is 13.8 Å². The van der Waals surface area contributed by atoms with E-state index in [1.165, 1.54) is 11.1 Å². The van der Waals surface area contributed by atoms with E-state index in [9.17, 15) is 0 Å². The molecule has 1 saturated heterocycles. The maximum atomic E-state index is 6.46. The highest BCUT2D eigenvalue weighted by molar-refractivity contribution is 5.46. The normalized spacial score (nSPS) is 25.2. The molecule has 0 amide bonds. The molecule has 1 aliphatic rings. The maximum absolute atomic E-state index is 6.46. The van der Waals surface area contributed by atoms with Gasteiger partial charge in [0.1, 0.15) is 5.75 Å². The zero-order valence-electron chi connectivity index (χ0n) is 11.7. The third kappa shape index (κ3) is 2.25. The Balaban J connectivity index is 2.43. The molecule has 0 aromatic heterocycles. The van der Waals surface area contributed by atoms with Crippen LogP contribution in [0.25, 0.3) is 0 Å². The van der Waals surface area contributed by atoms with Crippen molar-refractivity contribution in [1.29, 1.82) is 0 Å². The second kappa shape index (κ2) is 4.90. The number of rotatable bonds is 3. The topological polar surface area (TPSA) is 44.5 Å². The predicted octanol–water partition coefficient (Wildman–Crippen LogP) is 2.88. The van der Waals surface area contributed by atoms with Crippen LogP contribution in [-0.2, 0) is 4.74 Å². The lowest BCUT2D eigenvalue weighted by atomic mass is 9.85. The summed E-state index contributed by atoms with van der Waals surface area (Å²) in [6, 6.07) is 4.05. The van der Waals surface area contributed by atoms with E-state index in [4.69, 9.17) is 15.2 Å². The van der Waals surface area contributed by atoms with E-state index in [1.807, 2.05) is 6.07 Å². The van der Waals surface area contributed by atoms with Crippen molar-refractivity contribution in [1.82, 2.24) is 0 Å². The molecule has 0 spiro atoms. The molecule has 2 N–H and O–H groups in total. The molecule has 18 heavy (non-hydrogen) atoms. The smallest absolute Gasteiger partial charge is 0.124 e. The van der Waals surface area contributed by atoms with Gasteiger partial charge in [0.25, 0.3) is 0 Å². The van der Waals surface area contributed by atoms with Crippen LogP contribution in [0.3, 0.4) is 0 Å². The number of hydrogen-bond donors (Lipinski definition) is 1. The minimum Gasteiger partial charge on any atom is -0.496 e. The van der Waals surface area contributed by atoms with Crippen LogP contribution in [0.1, 0.15) is 42.5 Å². The third-order valence-corrected chi connectivity index (χ3v) is 3.93. The van der Waals surface area contributed by atoms with Gasteiger partial charge in [0, 0.05) is 12.2 Å². The Morgan fingerprint density at radius 2 is 2.11 bits per heavy atom. The van der Waals surface area contributed by atoms with Crippen molar-refractivity contribution >= 4 is 0 Å². The van der Waals surface area contributed by atoms with E-state index in [0.717, 1.165) is 30.8 Å². The molecule has 3 nitrogen and oxygen atoms in total. The first-order chi connectivity index (χ1) is 8.48. The number of methoxy groups -OCH3 is 1. The Morgan fingerprint density at radius 3 is 2.67 bits per heavy atom. The summed E-state index contributed by atoms with van der Waals surface area (Å²) in [7, 11) is 1.70. The molecule has 3 heteroatoms. The van der Waals surface area contributed by atoms with Crippen LogP contribution in [0.4, 0.5) is 0 Å². The van der Waals surface area contributed by atoms with Crippen LogP contribution in [0.15, 0.2) is 12.1 Å². The Labute approximate surface area is 109 Å². The van der Waals surface area contributed by atoms with Gasteiger partial charge in [0.2, 0.25) is 0 Å². The SMILES string of the molecule is COc1cc(C)cc(C)c1C(N)C1(C)CCCO1. The van der Waals surface area contributed by atoms with Gasteiger partial charge < -0.3 is 15.2 Å². The monoisotopic (exact) mass is 249 g/mol. The molecular weight excluding hydrogens is 226 g/mol. The average Bonchev–Trinajstić information content (AvgIpc) is 2.75. The van der Waals surface area contributed by atoms with Crippen molar-refractivity contribution < 1.29 is 9.47 Å². The second-order valence-electron chi connectivity index (χ2n) is 5.44. The summed E-state index contributed by atoms with van der Waals surface area (Å²) in [5.74, 6) is 0.872. The maximum Gasteiger partial charge on any atom is 0.124 e. The van der Waals surface area contributed by atoms with Crippen LogP contribution in [0.2, 0.25) is 0 Å². The minimum atomic E-state index is -0.271. The van der Waals surface area contributed by atoms with Crippen molar-refractivity contribution in [3.05, 3.63) is 28.8 Å². The summed E-state index contributed by atoms with van der Waals surface area (Å²) < 4.78 is 11.4. The molecular formula is C15H23NO2. The van der Waals surface area contributed by atoms with E-state index < -0.39 is 0 Å². The Morgan fingerprint density at radius 1 is 1.39 bits per heavy atom. The number of aryl methyl sites for hydroxylation is 2. The van der Waals surface area contributed by atoms with Crippen LogP contribution in [-0.4, -0.2) is 19.3 Å². The van der Waals surface area contributed by atoms with Crippen molar-refractivity contribution in [2.75, 3.05) is 13.7 Å². The molecule has 100 valence electrons. The molecule has 1 aromatic rings. The lowest BCUT2D eigenvalue weighted by Gasteiger charge is -2.32. The van der Waals surface area contributed by atoms with Crippen LogP contribution >= 0.6 is 0 Å². The fraction of sp³-hybridized carbons (Fsp3) is 0.600. The molecule has 1 fully saturated rings. The van der Waals surface area contributed by atoms with E-state index in [1.54, 1.807) is 7.11 Å². The first-order valence-electron chi connectivity index (χ1n) is 6.52. The van der Waals surface area contributed by atoms with Crippen LogP contribution in [0.5, 0.6) is 5.75 Å². The highest BCUT2D eigenvalue weighted by atomic mass is 16.5. The van der Waals surface area contributed by atoms with Gasteiger partial charge in [0.05, 0.1) is 18.8 Å². The minimum absolute atomic E-state index is 0.143. The van der Waals surface area contributed by atoms with Crippen molar-refractivity contribution in [3.8, 4) is 5.75 Å². The van der Waals surface area contributed by atoms with Gasteiger partial charge in [-0.15, -0.1) is 0 Å². The lowest BCUT2D eigenvalue weighted by Crippen LogP contribution is -2.38. The third-order valence-electron chi connectivity index (χ3n) is 3.93. The summed E-state index contributed by atoms with van der Waals surface area (Å²) in [6.07, 6.45) is 2.09. The summed E-state index contributed by atoms with van der Waals surface area (Å²) in [6.45, 7) is 7.06. The summed E-state index contributed by atoms with van der Waals surface area (Å²) in [4.78, 5) is 0. The Kier molecular flexibility index (Phi) is 3.64. The molecule has 2 atom stereocenters. The molecule has 1 heterocycles. The quantitative estimate of drug-likeness (QED) is 0.896. The van der Waals surface area contributed by atoms with Gasteiger partial charge >= 0.3 is 0 Å². The summed E-state index contributed by atoms with van der Waals surface area (Å²) >= 11 is 0. The largest absolute Gasteiger partial charge is 0.496 e. The fourth-order valence-corrected chi connectivity index (χ4v) is 2.86. The van der Waals surface area contributed by atoms with Gasteiger partial charge in [-0.1, -0.05) is 6.07 Å². The molecule has 0 saturated carbocycles. The second-order valence-corrected chi connectivity index (χ2v) is 5.44. The first kappa shape index (κ1) is 13.4. The van der Waals surface area contributed by atoms with E-state index in [-0.39, 0.29) is 11.6 Å². The van der Waals surface area contributed by atoms with E-state index in [0.29, 0.717) is 0 Å². The first-order valence-corrected chi connectivity index (χ1v) is 6.52. The molecule has 0 aliphatic carbocycles. The van der Waals surface area contributed by atoms with Crippen molar-refractivity contribution in [2.24, 2.45) is 5.73 Å². The molecule has 0 radical (unpaired) electrons. The van der Waals surface area contributed by atoms with Gasteiger partial charge in [-0.3, -0.25) is 0 Å². The van der Waals surface area contributed by atoms with Crippen molar-refractivity contribution in [2.45, 2.75) is 45.3 Å². The average molecular weight is 249 g/mol. The Bertz CT molecular complexity index is 436. The van der Waals surface area contributed by atoms with Gasteiger partial charge in [0.15, 0.2) is 0 Å². The standard InChI is InChI=1S/C15H23NO2/c1-10-8-11(2)13(12(9-10)17-4)14(16)15(3)6-5-7-18-15/h8-9,14H,5-7,16H2,1-4H3. The zero-order chi connectivity index (χ0) is 13.3. The lowest BCUT2D eigenvalue weighted by molar-refractivity contribution is -0.00242. The predicted molar refractivity (Wildman–Crippen MR) is 73.0 cm³/mol. The molecule has 1 aliphatic heterocycles. The number of nitrogens with two attached hydrogens (primary N) is 1. The highest BCUT2D eigenvalue weighted by Gasteiger charge is 2.39. The number of ether oxygens (including phenoxy) is 2. The van der Waals surface area contributed by atoms with Gasteiger partial charge in [-0.05, 0) is 50.8 Å². The summed E-state index contributed by atoms with van der Waals surface area (Å²) in [5, 5.41) is 0. The molecule has 0 bridgehead atoms. The molecule has 2 rings (SSSR count). The Hall–Kier alpha value is -1.06. The highest BCUT2D eigenvalue weighted by Crippen LogP contribution is 2.40. The zero-order valence-corrected chi connectivity index (χ0v) is 11.7. The fourth-order valence-electron chi connectivity index (χ4n) is 2.86. The number of benzene rings is 1. The van der Waals surface area contributed by atoms with E-state index >= 15 is 0 Å². The molecule has 2 unspecified atom stereocenters. The molecule has 1 aromatic carbocycles. The van der Waals surface area contributed by atoms with Gasteiger partial charge in [-0.2, -0.15) is 0 Å². The van der Waals surface area contributed by atoms with E-state index in [2.05, 4.69) is 26.8 Å². The summed E-state index contributed by atoms with van der Waals surface area (Å²) in [5.41, 5.74) is 9.63.